The Morgan fingerprint density at radius 1 is 1.21 bits per heavy atom. The summed E-state index contributed by atoms with van der Waals surface area (Å²) in [6.07, 6.45) is 6.87. The van der Waals surface area contributed by atoms with Gasteiger partial charge >= 0.3 is 5.63 Å². The zero-order chi connectivity index (χ0) is 17.0. The third-order valence-corrected chi connectivity index (χ3v) is 6.93. The summed E-state index contributed by atoms with van der Waals surface area (Å²) in [5, 5.41) is 3.23. The van der Waals surface area contributed by atoms with Crippen molar-refractivity contribution in [1.82, 2.24) is 5.32 Å². The van der Waals surface area contributed by atoms with Crippen LogP contribution in [0.5, 0.6) is 0 Å². The molecule has 3 saturated carbocycles. The summed E-state index contributed by atoms with van der Waals surface area (Å²) in [5.41, 5.74) is 0.822. The van der Waals surface area contributed by atoms with Crippen molar-refractivity contribution in [3.05, 3.63) is 33.4 Å². The highest BCUT2D eigenvalue weighted by atomic mass is 16.4. The van der Waals surface area contributed by atoms with Crippen molar-refractivity contribution in [3.63, 3.8) is 0 Å². The lowest BCUT2D eigenvalue weighted by atomic mass is 9.62. The van der Waals surface area contributed by atoms with Crippen LogP contribution in [0.4, 0.5) is 0 Å². The molecule has 24 heavy (non-hydrogen) atoms. The fourth-order valence-electron chi connectivity index (χ4n) is 6.20. The maximum Gasteiger partial charge on any atom is 0.336 e. The van der Waals surface area contributed by atoms with E-state index < -0.39 is 5.63 Å². The number of carbonyl (C=O) groups excluding carboxylic acids is 1. The quantitative estimate of drug-likeness (QED) is 0.924. The second-order valence-corrected chi connectivity index (χ2v) is 8.35. The van der Waals surface area contributed by atoms with Crippen LogP contribution >= 0.6 is 0 Å². The molecule has 0 radical (unpaired) electrons. The maximum atomic E-state index is 12.8. The molecule has 4 rings (SSSR count). The van der Waals surface area contributed by atoms with Crippen molar-refractivity contribution in [2.75, 3.05) is 0 Å². The van der Waals surface area contributed by atoms with Crippen LogP contribution in [0.3, 0.4) is 0 Å². The Morgan fingerprint density at radius 3 is 2.67 bits per heavy atom. The van der Waals surface area contributed by atoms with E-state index >= 15 is 0 Å². The van der Waals surface area contributed by atoms with Crippen LogP contribution in [0.15, 0.2) is 15.3 Å². The number of nitrogens with one attached hydrogen (secondary N) is 1. The van der Waals surface area contributed by atoms with E-state index in [1.54, 1.807) is 13.8 Å². The highest BCUT2D eigenvalue weighted by Gasteiger charge is 2.51. The molecule has 1 heterocycles. The molecule has 1 aromatic rings. The minimum atomic E-state index is -0.392. The van der Waals surface area contributed by atoms with Gasteiger partial charge in [0.1, 0.15) is 5.76 Å². The first-order valence-corrected chi connectivity index (χ1v) is 9.36. The Labute approximate surface area is 143 Å². The third kappa shape index (κ3) is 2.51. The van der Waals surface area contributed by atoms with Crippen LogP contribution < -0.4 is 10.9 Å². The molecule has 3 aliphatic carbocycles. The summed E-state index contributed by atoms with van der Waals surface area (Å²) < 4.78 is 5.12. The third-order valence-electron chi connectivity index (χ3n) is 6.93. The molecule has 3 aliphatic rings. The van der Waals surface area contributed by atoms with E-state index in [0.29, 0.717) is 22.8 Å². The average molecular weight is 329 g/mol. The summed E-state index contributed by atoms with van der Waals surface area (Å²) in [5.74, 6) is 4.33. The lowest BCUT2D eigenvalue weighted by molar-refractivity contribution is 0.0518. The molecule has 0 saturated heterocycles. The summed E-state index contributed by atoms with van der Waals surface area (Å²) in [4.78, 5) is 24.2. The van der Waals surface area contributed by atoms with Gasteiger partial charge in [0, 0.05) is 12.1 Å². The Bertz CT molecular complexity index is 696. The van der Waals surface area contributed by atoms with Crippen molar-refractivity contribution in [2.45, 2.75) is 58.9 Å². The number of hydrogen-bond donors (Lipinski definition) is 1. The monoisotopic (exact) mass is 329 g/mol. The first-order valence-electron chi connectivity index (χ1n) is 9.36. The summed E-state index contributed by atoms with van der Waals surface area (Å²) in [7, 11) is 0. The summed E-state index contributed by atoms with van der Waals surface area (Å²) in [6.45, 7) is 5.66. The van der Waals surface area contributed by atoms with Gasteiger partial charge in [-0.3, -0.25) is 4.79 Å². The van der Waals surface area contributed by atoms with Gasteiger partial charge in [0.2, 0.25) is 0 Å². The molecule has 0 aromatic carbocycles. The van der Waals surface area contributed by atoms with E-state index in [4.69, 9.17) is 4.42 Å². The van der Waals surface area contributed by atoms with Gasteiger partial charge < -0.3 is 9.73 Å². The van der Waals surface area contributed by atoms with E-state index in [0.717, 1.165) is 23.7 Å². The Kier molecular flexibility index (Phi) is 3.81. The SMILES string of the molecule is Cc1cc(=O)oc(C)c1C(=O)NC(C)C1C2CCC3CC(C2)CC31. The lowest BCUT2D eigenvalue weighted by Gasteiger charge is -2.45. The number of fused-ring (bicyclic) bond motifs is 2. The Balaban J connectivity index is 1.53. The molecule has 0 aliphatic heterocycles. The van der Waals surface area contributed by atoms with Gasteiger partial charge in [0.05, 0.1) is 5.56 Å². The predicted molar refractivity (Wildman–Crippen MR) is 91.9 cm³/mol. The number of aryl methyl sites for hydroxylation is 2. The highest BCUT2D eigenvalue weighted by Crippen LogP contribution is 2.58. The molecule has 6 atom stereocenters. The largest absolute Gasteiger partial charge is 0.427 e. The molecule has 3 fully saturated rings. The van der Waals surface area contributed by atoms with Gasteiger partial charge in [-0.15, -0.1) is 0 Å². The second-order valence-electron chi connectivity index (χ2n) is 8.35. The number of carbonyl (C=O) groups is 1. The van der Waals surface area contributed by atoms with Crippen molar-refractivity contribution in [2.24, 2.45) is 29.6 Å². The first kappa shape index (κ1) is 15.9. The van der Waals surface area contributed by atoms with E-state index in [-0.39, 0.29) is 11.9 Å². The smallest absolute Gasteiger partial charge is 0.336 e. The number of rotatable bonds is 3. The molecule has 4 heteroatoms. The molecule has 3 bridgehead atoms. The van der Waals surface area contributed by atoms with Crippen LogP contribution in [-0.2, 0) is 0 Å². The van der Waals surface area contributed by atoms with Crippen molar-refractivity contribution in [1.29, 1.82) is 0 Å². The molecular weight excluding hydrogens is 302 g/mol. The number of amides is 1. The second kappa shape index (κ2) is 5.75. The minimum absolute atomic E-state index is 0.0998. The van der Waals surface area contributed by atoms with E-state index in [9.17, 15) is 9.59 Å². The highest BCUT2D eigenvalue weighted by molar-refractivity contribution is 5.96. The average Bonchev–Trinajstić information content (AvgIpc) is 2.68. The Hall–Kier alpha value is -1.58. The molecule has 130 valence electrons. The van der Waals surface area contributed by atoms with Gasteiger partial charge in [0.25, 0.3) is 5.91 Å². The summed E-state index contributed by atoms with van der Waals surface area (Å²) >= 11 is 0. The maximum absolute atomic E-state index is 12.8. The van der Waals surface area contributed by atoms with Gasteiger partial charge in [-0.1, -0.05) is 0 Å². The van der Waals surface area contributed by atoms with Gasteiger partial charge in [0.15, 0.2) is 0 Å². The van der Waals surface area contributed by atoms with Gasteiger partial charge in [-0.05, 0) is 88.0 Å². The zero-order valence-corrected chi connectivity index (χ0v) is 14.8. The van der Waals surface area contributed by atoms with Crippen LogP contribution in [0.25, 0.3) is 0 Å². The van der Waals surface area contributed by atoms with E-state index in [2.05, 4.69) is 12.2 Å². The van der Waals surface area contributed by atoms with E-state index in [1.165, 1.54) is 38.2 Å². The molecule has 0 spiro atoms. The van der Waals surface area contributed by atoms with E-state index in [1.807, 2.05) is 0 Å². The van der Waals surface area contributed by atoms with Crippen LogP contribution in [0.2, 0.25) is 0 Å². The van der Waals surface area contributed by atoms with Crippen molar-refractivity contribution in [3.8, 4) is 0 Å². The van der Waals surface area contributed by atoms with Crippen LogP contribution in [-0.4, -0.2) is 11.9 Å². The minimum Gasteiger partial charge on any atom is -0.427 e. The standard InChI is InChI=1S/C20H27NO3/c1-10-6-17(22)24-12(3)18(10)20(23)21-11(2)19-15-5-4-14-7-13(8-15)9-16(14)19/h6,11,13-16,19H,4-5,7-9H2,1-3H3,(H,21,23). The first-order chi connectivity index (χ1) is 11.4. The van der Waals surface area contributed by atoms with Crippen LogP contribution in [0.1, 0.15) is 60.7 Å². The lowest BCUT2D eigenvalue weighted by Crippen LogP contribution is -2.48. The fraction of sp³-hybridized carbons (Fsp3) is 0.700. The van der Waals surface area contributed by atoms with Crippen molar-refractivity contribution >= 4 is 5.91 Å². The predicted octanol–water partition coefficient (Wildman–Crippen LogP) is 3.45. The molecule has 1 aromatic heterocycles. The van der Waals surface area contributed by atoms with Crippen LogP contribution in [0, 0.1) is 43.4 Å². The van der Waals surface area contributed by atoms with Crippen molar-refractivity contribution < 1.29 is 9.21 Å². The fourth-order valence-corrected chi connectivity index (χ4v) is 6.20. The Morgan fingerprint density at radius 2 is 1.92 bits per heavy atom. The topological polar surface area (TPSA) is 59.3 Å². The number of hydrogen-bond acceptors (Lipinski definition) is 3. The molecule has 1 N–H and O–H groups in total. The molecular formula is C20H27NO3. The molecule has 4 nitrogen and oxygen atoms in total. The zero-order valence-electron chi connectivity index (χ0n) is 14.8. The van der Waals surface area contributed by atoms with Gasteiger partial charge in [-0.25, -0.2) is 4.79 Å². The summed E-state index contributed by atoms with van der Waals surface area (Å²) in [6, 6.07) is 1.58. The molecule has 6 unspecified atom stereocenters. The molecule has 1 amide bonds. The van der Waals surface area contributed by atoms with Gasteiger partial charge in [-0.2, -0.15) is 0 Å². The normalized spacial score (nSPS) is 35.0.